The smallest absolute Gasteiger partial charge is 0.268 e. The zero-order chi connectivity index (χ0) is 22.5. The van der Waals surface area contributed by atoms with Crippen molar-refractivity contribution in [1.29, 1.82) is 0 Å². The van der Waals surface area contributed by atoms with Gasteiger partial charge in [0.2, 0.25) is 5.91 Å². The highest BCUT2D eigenvalue weighted by Crippen LogP contribution is 2.22. The molecule has 0 radical (unpaired) electrons. The molecule has 3 heterocycles. The van der Waals surface area contributed by atoms with Crippen LogP contribution in [0, 0.1) is 0 Å². The maximum Gasteiger partial charge on any atom is 0.268 e. The van der Waals surface area contributed by atoms with Crippen molar-refractivity contribution in [2.45, 2.75) is 38.6 Å². The Morgan fingerprint density at radius 1 is 1.19 bits per heavy atom. The number of H-pyrrole nitrogens is 1. The summed E-state index contributed by atoms with van der Waals surface area (Å²) < 4.78 is 5.34. The van der Waals surface area contributed by atoms with Gasteiger partial charge >= 0.3 is 0 Å². The maximum absolute atomic E-state index is 12.9. The lowest BCUT2D eigenvalue weighted by molar-refractivity contribution is -0.123. The molecule has 3 aromatic rings. The van der Waals surface area contributed by atoms with Crippen LogP contribution in [0.25, 0.3) is 0 Å². The summed E-state index contributed by atoms with van der Waals surface area (Å²) in [5.74, 6) is -0.324. The number of nitrogens with zero attached hydrogens (tertiary/aromatic N) is 2. The number of fused-ring (bicyclic) bond motifs is 1. The number of amides is 2. The predicted molar refractivity (Wildman–Crippen MR) is 119 cm³/mol. The summed E-state index contributed by atoms with van der Waals surface area (Å²) in [5.41, 5.74) is 3.03. The quantitative estimate of drug-likeness (QED) is 0.465. The van der Waals surface area contributed by atoms with Crippen molar-refractivity contribution < 1.29 is 14.3 Å². The number of benzene rings is 1. The zero-order valence-electron chi connectivity index (χ0n) is 17.0. The number of aromatic amines is 1. The van der Waals surface area contributed by atoms with E-state index in [1.165, 1.54) is 6.07 Å². The summed E-state index contributed by atoms with van der Waals surface area (Å²) in [6, 6.07) is 10.4. The third-order valence-corrected chi connectivity index (χ3v) is 5.77. The van der Waals surface area contributed by atoms with Gasteiger partial charge in [-0.1, -0.05) is 53.5 Å². The molecular formula is C22H21Cl2N5O3. The Morgan fingerprint density at radius 2 is 2.00 bits per heavy atom. The first kappa shape index (κ1) is 22.3. The normalized spacial score (nSPS) is 13.4. The van der Waals surface area contributed by atoms with Crippen LogP contribution in [-0.4, -0.2) is 32.8 Å². The first-order chi connectivity index (χ1) is 15.5. The van der Waals surface area contributed by atoms with Gasteiger partial charge in [0.15, 0.2) is 0 Å². The second-order valence-corrected chi connectivity index (χ2v) is 8.15. The van der Waals surface area contributed by atoms with E-state index in [2.05, 4.69) is 25.6 Å². The summed E-state index contributed by atoms with van der Waals surface area (Å²) in [5, 5.41) is 5.98. The van der Waals surface area contributed by atoms with Crippen molar-refractivity contribution in [3.05, 3.63) is 81.1 Å². The molecule has 0 unspecified atom stereocenters. The first-order valence-electron chi connectivity index (χ1n) is 10.1. The Bertz CT molecular complexity index is 1100. The molecule has 1 aliphatic rings. The predicted octanol–water partition coefficient (Wildman–Crippen LogP) is 3.19. The molecule has 0 saturated heterocycles. The number of carbonyl (C=O) groups excluding carboxylic acids is 2. The molecule has 2 aromatic heterocycles. The first-order valence-corrected chi connectivity index (χ1v) is 10.8. The van der Waals surface area contributed by atoms with E-state index >= 15 is 0 Å². The highest BCUT2D eigenvalue weighted by Gasteiger charge is 2.23. The van der Waals surface area contributed by atoms with E-state index in [1.54, 1.807) is 6.20 Å². The molecule has 0 aliphatic carbocycles. The van der Waals surface area contributed by atoms with E-state index in [0.717, 1.165) is 16.8 Å². The number of hydrogen-bond acceptors (Lipinski definition) is 5. The summed E-state index contributed by atoms with van der Waals surface area (Å²) >= 11 is 11.8. The minimum absolute atomic E-state index is 0.143. The van der Waals surface area contributed by atoms with Crippen molar-refractivity contribution in [1.82, 2.24) is 25.6 Å². The fourth-order valence-corrected chi connectivity index (χ4v) is 3.66. The Labute approximate surface area is 194 Å². The van der Waals surface area contributed by atoms with Crippen LogP contribution in [0.5, 0.6) is 0 Å². The number of ether oxygens (including phenoxy) is 1. The molecule has 1 aliphatic heterocycles. The number of aryl methyl sites for hydroxylation is 1. The fourth-order valence-electron chi connectivity index (χ4n) is 3.35. The van der Waals surface area contributed by atoms with E-state index in [4.69, 9.17) is 27.9 Å². The van der Waals surface area contributed by atoms with Gasteiger partial charge in [-0.2, -0.15) is 0 Å². The minimum Gasteiger partial charge on any atom is -0.370 e. The van der Waals surface area contributed by atoms with Crippen LogP contribution in [0.3, 0.4) is 0 Å². The van der Waals surface area contributed by atoms with Crippen LogP contribution in [-0.2, 0) is 35.7 Å². The van der Waals surface area contributed by atoms with Crippen molar-refractivity contribution in [2.75, 3.05) is 0 Å². The zero-order valence-corrected chi connectivity index (χ0v) is 18.5. The molecule has 0 bridgehead atoms. The van der Waals surface area contributed by atoms with Crippen LogP contribution >= 0.6 is 23.2 Å². The van der Waals surface area contributed by atoms with Crippen LogP contribution < -0.4 is 10.6 Å². The van der Waals surface area contributed by atoms with Gasteiger partial charge in [0.25, 0.3) is 5.91 Å². The number of rotatable bonds is 8. The SMILES string of the molecule is O=C(N[C@@H](CCc1ccccc1)C(=O)NCc1ncc2c(n1)COC2)c1cc(Cl)c(Cl)[nH]1. The third kappa shape index (κ3) is 5.45. The molecule has 1 atom stereocenters. The lowest BCUT2D eigenvalue weighted by atomic mass is 10.0. The molecule has 2 amide bonds. The minimum atomic E-state index is -0.777. The van der Waals surface area contributed by atoms with E-state index in [-0.39, 0.29) is 28.3 Å². The van der Waals surface area contributed by atoms with Gasteiger partial charge in [-0.3, -0.25) is 9.59 Å². The Balaban J connectivity index is 1.43. The Kier molecular flexibility index (Phi) is 7.04. The third-order valence-electron chi connectivity index (χ3n) is 5.08. The van der Waals surface area contributed by atoms with E-state index in [9.17, 15) is 9.59 Å². The molecule has 0 spiro atoms. The molecule has 0 fully saturated rings. The van der Waals surface area contributed by atoms with Gasteiger partial charge < -0.3 is 20.4 Å². The number of carbonyl (C=O) groups is 2. The number of hydrogen-bond donors (Lipinski definition) is 3. The number of nitrogens with one attached hydrogen (secondary N) is 3. The van der Waals surface area contributed by atoms with Gasteiger partial charge in [0.1, 0.15) is 22.7 Å². The average Bonchev–Trinajstić information content (AvgIpc) is 3.41. The molecule has 3 N–H and O–H groups in total. The number of halogens is 2. The monoisotopic (exact) mass is 473 g/mol. The van der Waals surface area contributed by atoms with E-state index < -0.39 is 11.9 Å². The lowest BCUT2D eigenvalue weighted by Crippen LogP contribution is -2.47. The van der Waals surface area contributed by atoms with Gasteiger partial charge in [-0.05, 0) is 24.5 Å². The maximum atomic E-state index is 12.9. The van der Waals surface area contributed by atoms with Gasteiger partial charge in [-0.25, -0.2) is 9.97 Å². The van der Waals surface area contributed by atoms with Crippen LogP contribution in [0.1, 0.15) is 39.6 Å². The highest BCUT2D eigenvalue weighted by atomic mass is 35.5. The summed E-state index contributed by atoms with van der Waals surface area (Å²) in [6.45, 7) is 1.09. The van der Waals surface area contributed by atoms with Gasteiger partial charge in [0.05, 0.1) is 30.5 Å². The number of aromatic nitrogens is 3. The van der Waals surface area contributed by atoms with Crippen LogP contribution in [0.2, 0.25) is 10.2 Å². The molecular weight excluding hydrogens is 453 g/mol. The molecule has 1 aromatic carbocycles. The molecule has 0 saturated carbocycles. The van der Waals surface area contributed by atoms with Crippen molar-refractivity contribution in [2.24, 2.45) is 0 Å². The topological polar surface area (TPSA) is 109 Å². The second kappa shape index (κ2) is 10.1. The summed E-state index contributed by atoms with van der Waals surface area (Å²) in [4.78, 5) is 37.0. The fraction of sp³-hybridized carbons (Fsp3) is 0.273. The van der Waals surface area contributed by atoms with E-state index in [0.29, 0.717) is 31.9 Å². The Hall–Kier alpha value is -2.94. The van der Waals surface area contributed by atoms with Crippen LogP contribution in [0.4, 0.5) is 0 Å². The molecule has 4 rings (SSSR count). The van der Waals surface area contributed by atoms with Gasteiger partial charge in [0, 0.05) is 11.8 Å². The molecule has 8 nitrogen and oxygen atoms in total. The molecule has 166 valence electrons. The van der Waals surface area contributed by atoms with Crippen LogP contribution in [0.15, 0.2) is 42.6 Å². The highest BCUT2D eigenvalue weighted by molar-refractivity contribution is 6.41. The average molecular weight is 474 g/mol. The van der Waals surface area contributed by atoms with E-state index in [1.807, 2.05) is 30.3 Å². The standard InChI is InChI=1S/C22H21Cl2N5O3/c23-15-8-17(28-20(15)24)22(31)29-16(7-6-13-4-2-1-3-5-13)21(30)26-10-19-25-9-14-11-32-12-18(14)27-19/h1-5,8-9,16,28H,6-7,10-12H2,(H,26,30)(H,29,31)/t16-/m0/s1. The summed E-state index contributed by atoms with van der Waals surface area (Å²) in [6.07, 6.45) is 2.73. The summed E-state index contributed by atoms with van der Waals surface area (Å²) in [7, 11) is 0. The Morgan fingerprint density at radius 3 is 2.75 bits per heavy atom. The lowest BCUT2D eigenvalue weighted by Gasteiger charge is -2.18. The molecule has 10 heteroatoms. The molecule has 32 heavy (non-hydrogen) atoms. The van der Waals surface area contributed by atoms with Crippen molar-refractivity contribution >= 4 is 35.0 Å². The second-order valence-electron chi connectivity index (χ2n) is 7.36. The van der Waals surface area contributed by atoms with Crippen molar-refractivity contribution in [3.63, 3.8) is 0 Å². The van der Waals surface area contributed by atoms with Crippen molar-refractivity contribution in [3.8, 4) is 0 Å². The largest absolute Gasteiger partial charge is 0.370 e. The van der Waals surface area contributed by atoms with Gasteiger partial charge in [-0.15, -0.1) is 0 Å².